The maximum Gasteiger partial charge on any atom is 0.328 e. The highest BCUT2D eigenvalue weighted by Crippen LogP contribution is 2.10. The molecule has 0 saturated carbocycles. The van der Waals surface area contributed by atoms with Crippen LogP contribution >= 0.6 is 0 Å². The van der Waals surface area contributed by atoms with Gasteiger partial charge in [0.05, 0.1) is 6.42 Å². The summed E-state index contributed by atoms with van der Waals surface area (Å²) < 4.78 is 10.3. The number of ether oxygens (including phenoxy) is 2. The highest BCUT2D eigenvalue weighted by molar-refractivity contribution is 5.86. The van der Waals surface area contributed by atoms with E-state index in [2.05, 4.69) is 5.32 Å². The first-order valence-corrected chi connectivity index (χ1v) is 8.21. The summed E-state index contributed by atoms with van der Waals surface area (Å²) >= 11 is 0. The SMILES string of the molecule is CC(NC(=O)CCC(=O)OC(C)(C)C)C(=O)OCC1=CCCC=C1. The van der Waals surface area contributed by atoms with E-state index in [-0.39, 0.29) is 25.4 Å². The molecule has 1 aliphatic carbocycles. The van der Waals surface area contributed by atoms with Gasteiger partial charge in [-0.3, -0.25) is 9.59 Å². The average molecular weight is 337 g/mol. The lowest BCUT2D eigenvalue weighted by molar-refractivity contribution is -0.155. The maximum absolute atomic E-state index is 11.9. The van der Waals surface area contributed by atoms with E-state index in [1.54, 1.807) is 27.7 Å². The van der Waals surface area contributed by atoms with Crippen molar-refractivity contribution in [2.75, 3.05) is 6.61 Å². The molecule has 1 N–H and O–H groups in total. The highest BCUT2D eigenvalue weighted by atomic mass is 16.6. The minimum absolute atomic E-state index is 0.0252. The van der Waals surface area contributed by atoms with Crippen LogP contribution in [0.4, 0.5) is 0 Å². The second-order valence-electron chi connectivity index (χ2n) is 6.74. The van der Waals surface area contributed by atoms with Gasteiger partial charge >= 0.3 is 11.9 Å². The molecule has 1 aliphatic rings. The van der Waals surface area contributed by atoms with Crippen LogP contribution in [0.15, 0.2) is 23.8 Å². The summed E-state index contributed by atoms with van der Waals surface area (Å²) in [6.07, 6.45) is 7.88. The molecule has 0 aromatic rings. The molecule has 24 heavy (non-hydrogen) atoms. The van der Waals surface area contributed by atoms with Gasteiger partial charge in [-0.1, -0.05) is 18.2 Å². The predicted molar refractivity (Wildman–Crippen MR) is 90.1 cm³/mol. The molecule has 0 aliphatic heterocycles. The Hall–Kier alpha value is -2.11. The average Bonchev–Trinajstić information content (AvgIpc) is 2.50. The number of allylic oxidation sites excluding steroid dienone is 2. The van der Waals surface area contributed by atoms with Crippen LogP contribution in [0.3, 0.4) is 0 Å². The fourth-order valence-corrected chi connectivity index (χ4v) is 2.03. The van der Waals surface area contributed by atoms with Gasteiger partial charge in [0.1, 0.15) is 18.2 Å². The van der Waals surface area contributed by atoms with E-state index in [4.69, 9.17) is 9.47 Å². The number of hydrogen-bond acceptors (Lipinski definition) is 5. The zero-order valence-electron chi connectivity index (χ0n) is 14.9. The second kappa shape index (κ2) is 9.25. The Morgan fingerprint density at radius 2 is 1.92 bits per heavy atom. The molecule has 0 spiro atoms. The molecule has 6 heteroatoms. The van der Waals surface area contributed by atoms with Gasteiger partial charge in [0, 0.05) is 6.42 Å². The molecule has 0 saturated heterocycles. The summed E-state index contributed by atoms with van der Waals surface area (Å²) in [6.45, 7) is 7.05. The Morgan fingerprint density at radius 1 is 1.21 bits per heavy atom. The third-order valence-electron chi connectivity index (χ3n) is 3.16. The van der Waals surface area contributed by atoms with Gasteiger partial charge in [-0.05, 0) is 46.1 Å². The van der Waals surface area contributed by atoms with Crippen LogP contribution < -0.4 is 5.32 Å². The molecular formula is C18H27NO5. The summed E-state index contributed by atoms with van der Waals surface area (Å²) in [5, 5.41) is 2.53. The molecule has 0 aromatic carbocycles. The van der Waals surface area contributed by atoms with E-state index in [9.17, 15) is 14.4 Å². The van der Waals surface area contributed by atoms with Gasteiger partial charge in [0.2, 0.25) is 5.91 Å². The van der Waals surface area contributed by atoms with Gasteiger partial charge < -0.3 is 14.8 Å². The van der Waals surface area contributed by atoms with Crippen LogP contribution in [-0.2, 0) is 23.9 Å². The molecular weight excluding hydrogens is 310 g/mol. The van der Waals surface area contributed by atoms with E-state index in [0.717, 1.165) is 18.4 Å². The molecule has 1 unspecified atom stereocenters. The Kier molecular flexibility index (Phi) is 7.68. The first-order valence-electron chi connectivity index (χ1n) is 8.21. The van der Waals surface area contributed by atoms with E-state index >= 15 is 0 Å². The fraction of sp³-hybridized carbons (Fsp3) is 0.611. The van der Waals surface area contributed by atoms with Crippen LogP contribution in [-0.4, -0.2) is 36.1 Å². The van der Waals surface area contributed by atoms with Crippen molar-refractivity contribution in [2.45, 2.75) is 65.0 Å². The Balaban J connectivity index is 2.27. The third kappa shape index (κ3) is 8.50. The van der Waals surface area contributed by atoms with Crippen molar-refractivity contribution in [3.63, 3.8) is 0 Å². The molecule has 1 amide bonds. The van der Waals surface area contributed by atoms with Crippen molar-refractivity contribution < 1.29 is 23.9 Å². The summed E-state index contributed by atoms with van der Waals surface area (Å²) in [7, 11) is 0. The molecule has 1 atom stereocenters. The summed E-state index contributed by atoms with van der Waals surface area (Å²) in [4.78, 5) is 35.2. The van der Waals surface area contributed by atoms with Crippen molar-refractivity contribution in [3.05, 3.63) is 23.8 Å². The van der Waals surface area contributed by atoms with E-state index < -0.39 is 23.6 Å². The normalized spacial score (nSPS) is 15.2. The van der Waals surface area contributed by atoms with E-state index in [0.29, 0.717) is 0 Å². The molecule has 134 valence electrons. The van der Waals surface area contributed by atoms with Gasteiger partial charge in [0.25, 0.3) is 0 Å². The summed E-state index contributed by atoms with van der Waals surface area (Å²) in [5.41, 5.74) is 0.380. The molecule has 0 fully saturated rings. The third-order valence-corrected chi connectivity index (χ3v) is 3.16. The summed E-state index contributed by atoms with van der Waals surface area (Å²) in [5.74, 6) is -1.33. The quantitative estimate of drug-likeness (QED) is 0.722. The molecule has 6 nitrogen and oxygen atoms in total. The monoisotopic (exact) mass is 337 g/mol. The Morgan fingerprint density at radius 3 is 2.50 bits per heavy atom. The zero-order valence-corrected chi connectivity index (χ0v) is 14.9. The lowest BCUT2D eigenvalue weighted by atomic mass is 10.1. The first-order chi connectivity index (χ1) is 11.2. The molecule has 0 aromatic heterocycles. The number of nitrogens with one attached hydrogen (secondary N) is 1. The highest BCUT2D eigenvalue weighted by Gasteiger charge is 2.20. The minimum atomic E-state index is -0.760. The zero-order chi connectivity index (χ0) is 18.2. The van der Waals surface area contributed by atoms with Gasteiger partial charge in [0.15, 0.2) is 0 Å². The number of hydrogen-bond donors (Lipinski definition) is 1. The van der Waals surface area contributed by atoms with Crippen LogP contribution in [0.1, 0.15) is 53.4 Å². The largest absolute Gasteiger partial charge is 0.460 e. The van der Waals surface area contributed by atoms with E-state index in [1.807, 2.05) is 18.2 Å². The van der Waals surface area contributed by atoms with Gasteiger partial charge in [-0.15, -0.1) is 0 Å². The molecule has 0 radical (unpaired) electrons. The number of carbonyl (C=O) groups excluding carboxylic acids is 3. The van der Waals surface area contributed by atoms with Gasteiger partial charge in [-0.25, -0.2) is 4.79 Å². The lowest BCUT2D eigenvalue weighted by Gasteiger charge is -2.19. The van der Waals surface area contributed by atoms with Crippen molar-refractivity contribution in [1.29, 1.82) is 0 Å². The van der Waals surface area contributed by atoms with Crippen LogP contribution in [0.25, 0.3) is 0 Å². The minimum Gasteiger partial charge on any atom is -0.460 e. The maximum atomic E-state index is 11.9. The first kappa shape index (κ1) is 19.9. The van der Waals surface area contributed by atoms with Crippen LogP contribution in [0.2, 0.25) is 0 Å². The lowest BCUT2D eigenvalue weighted by Crippen LogP contribution is -2.40. The number of carbonyl (C=O) groups is 3. The Bertz CT molecular complexity index is 528. The number of rotatable bonds is 7. The van der Waals surface area contributed by atoms with Crippen molar-refractivity contribution >= 4 is 17.8 Å². The van der Waals surface area contributed by atoms with Crippen LogP contribution in [0.5, 0.6) is 0 Å². The topological polar surface area (TPSA) is 81.7 Å². The van der Waals surface area contributed by atoms with Gasteiger partial charge in [-0.2, -0.15) is 0 Å². The number of esters is 2. The standard InChI is InChI=1S/C18H27NO5/c1-13(17(22)23-12-14-8-6-5-7-9-14)19-15(20)10-11-16(21)24-18(2,3)4/h6,8-9,13H,5,7,10-12H2,1-4H3,(H,19,20). The molecule has 0 heterocycles. The second-order valence-corrected chi connectivity index (χ2v) is 6.74. The van der Waals surface area contributed by atoms with Crippen molar-refractivity contribution in [3.8, 4) is 0 Å². The summed E-state index contributed by atoms with van der Waals surface area (Å²) in [6, 6.07) is -0.760. The fourth-order valence-electron chi connectivity index (χ4n) is 2.03. The number of amides is 1. The van der Waals surface area contributed by atoms with Crippen LogP contribution in [0, 0.1) is 0 Å². The predicted octanol–water partition coefficient (Wildman–Crippen LogP) is 2.43. The smallest absolute Gasteiger partial charge is 0.328 e. The Labute approximate surface area is 143 Å². The molecule has 0 bridgehead atoms. The molecule has 1 rings (SSSR count). The van der Waals surface area contributed by atoms with E-state index in [1.165, 1.54) is 0 Å². The van der Waals surface area contributed by atoms with Crippen molar-refractivity contribution in [2.24, 2.45) is 0 Å². The van der Waals surface area contributed by atoms with Crippen molar-refractivity contribution in [1.82, 2.24) is 5.32 Å².